The van der Waals surface area contributed by atoms with Crippen LogP contribution in [0.15, 0.2) is 0 Å². The van der Waals surface area contributed by atoms with Gasteiger partial charge in [-0.3, -0.25) is 0 Å². The van der Waals surface area contributed by atoms with Gasteiger partial charge in [-0.1, -0.05) is 0 Å². The van der Waals surface area contributed by atoms with E-state index in [2.05, 4.69) is 9.47 Å². The predicted molar refractivity (Wildman–Crippen MR) is 53.9 cm³/mol. The number of halogens is 6. The molecule has 0 bridgehead atoms. The van der Waals surface area contributed by atoms with Crippen molar-refractivity contribution in [2.24, 2.45) is 0 Å². The Balaban J connectivity index is 0. The molecule has 1 radical (unpaired) electrons. The minimum Gasteiger partial charge on any atom is -0.382 e. The molecule has 0 atom stereocenters. The molecule has 73 valence electrons. The molecule has 0 rings (SSSR count). The van der Waals surface area contributed by atoms with E-state index in [0.717, 1.165) is 0 Å². The molecule has 0 fully saturated rings. The van der Waals surface area contributed by atoms with Crippen molar-refractivity contribution in [1.82, 2.24) is 0 Å². The first-order chi connectivity index (χ1) is 5.10. The van der Waals surface area contributed by atoms with E-state index < -0.39 is 14.1 Å². The maximum absolute atomic E-state index is 10.5. The first kappa shape index (κ1) is 17.4. The monoisotopic (exact) mass is 317 g/mol. The van der Waals surface area contributed by atoms with Crippen LogP contribution in [0.1, 0.15) is 0 Å². The molecule has 0 amide bonds. The average molecular weight is 320 g/mol. The Kier molecular flexibility index (Phi) is 8.79. The fraction of sp³-hybridized carbons (Fsp3) is 0.667. The third-order valence-electron chi connectivity index (χ3n) is 0.398. The van der Waals surface area contributed by atoms with Gasteiger partial charge in [-0.25, -0.2) is 4.79 Å². The van der Waals surface area contributed by atoms with Crippen molar-refractivity contribution in [2.75, 3.05) is 0 Å². The molecule has 0 aliphatic heterocycles. The second-order valence-corrected chi connectivity index (χ2v) is 5.70. The normalized spacial score (nSPS) is 11.5. The molecular formula is C3Cl6NaO3. The van der Waals surface area contributed by atoms with Crippen LogP contribution in [-0.2, 0) is 9.47 Å². The van der Waals surface area contributed by atoms with E-state index in [9.17, 15) is 4.79 Å². The Bertz CT molecular complexity index is 155. The van der Waals surface area contributed by atoms with Crippen LogP contribution < -0.4 is 0 Å². The Morgan fingerprint density at radius 3 is 1.23 bits per heavy atom. The smallest absolute Gasteiger partial charge is 0.382 e. The molecule has 0 unspecified atom stereocenters. The average Bonchev–Trinajstić information content (AvgIpc) is 1.49. The molecule has 0 spiro atoms. The summed E-state index contributed by atoms with van der Waals surface area (Å²) in [5.41, 5.74) is 0. The Hall–Kier alpha value is 2.01. The minimum atomic E-state index is -2.24. The number of rotatable bonds is 0. The van der Waals surface area contributed by atoms with Crippen molar-refractivity contribution in [2.45, 2.75) is 7.96 Å². The number of hydrogen-bond donors (Lipinski definition) is 0. The molecule has 0 saturated heterocycles. The summed E-state index contributed by atoms with van der Waals surface area (Å²) in [6, 6.07) is 0. The number of alkyl halides is 6. The van der Waals surface area contributed by atoms with Gasteiger partial charge in [0.05, 0.1) is 0 Å². The van der Waals surface area contributed by atoms with Crippen molar-refractivity contribution in [3.8, 4) is 0 Å². The predicted octanol–water partition coefficient (Wildman–Crippen LogP) is 3.41. The van der Waals surface area contributed by atoms with Crippen molar-refractivity contribution in [3.05, 3.63) is 0 Å². The van der Waals surface area contributed by atoms with Crippen LogP contribution in [0.3, 0.4) is 0 Å². The van der Waals surface area contributed by atoms with Gasteiger partial charge in [-0.15, -0.1) is 0 Å². The van der Waals surface area contributed by atoms with Crippen LogP contribution >= 0.6 is 69.6 Å². The summed E-state index contributed by atoms with van der Waals surface area (Å²) >= 11 is 30.2. The second-order valence-electron chi connectivity index (χ2n) is 1.35. The molecular weight excluding hydrogens is 320 g/mol. The standard InChI is InChI=1S/C3Cl6O3.Na/c4-2(5,6)11-1(10)12-3(7,8)9;. The van der Waals surface area contributed by atoms with Crippen LogP contribution in [0.5, 0.6) is 0 Å². The molecule has 0 heterocycles. The quantitative estimate of drug-likeness (QED) is 0.390. The summed E-state index contributed by atoms with van der Waals surface area (Å²) in [5.74, 6) is 0. The second kappa shape index (κ2) is 6.56. The van der Waals surface area contributed by atoms with Gasteiger partial charge in [-0.05, 0) is 69.6 Å². The van der Waals surface area contributed by atoms with Gasteiger partial charge in [0.2, 0.25) is 0 Å². The Morgan fingerprint density at radius 1 is 0.846 bits per heavy atom. The Labute approximate surface area is 126 Å². The van der Waals surface area contributed by atoms with Crippen molar-refractivity contribution in [1.29, 1.82) is 0 Å². The minimum absolute atomic E-state index is 0. The molecule has 10 heteroatoms. The molecule has 3 nitrogen and oxygen atoms in total. The SMILES string of the molecule is O=C(OC(Cl)(Cl)Cl)OC(Cl)(Cl)Cl.[Na]. The molecule has 0 aliphatic carbocycles. The zero-order valence-electron chi connectivity index (χ0n) is 5.99. The zero-order chi connectivity index (χ0) is 9.99. The van der Waals surface area contributed by atoms with E-state index in [4.69, 9.17) is 69.6 Å². The number of hydrogen-bond acceptors (Lipinski definition) is 3. The summed E-state index contributed by atoms with van der Waals surface area (Å²) in [5, 5.41) is 0. The van der Waals surface area contributed by atoms with Gasteiger partial charge in [0.25, 0.3) is 0 Å². The van der Waals surface area contributed by atoms with E-state index in [1.807, 2.05) is 0 Å². The largest absolute Gasteiger partial charge is 0.515 e. The molecule has 0 aromatic heterocycles. The van der Waals surface area contributed by atoms with E-state index in [-0.39, 0.29) is 29.6 Å². The third kappa shape index (κ3) is 14.0. The van der Waals surface area contributed by atoms with Gasteiger partial charge in [0.1, 0.15) is 0 Å². The third-order valence-corrected chi connectivity index (χ3v) is 0.861. The first-order valence-corrected chi connectivity index (χ1v) is 4.42. The topological polar surface area (TPSA) is 35.5 Å². The number of carbonyl (C=O) groups excluding carboxylic acids is 1. The summed E-state index contributed by atoms with van der Waals surface area (Å²) < 4.78 is 3.50. The molecule has 0 aliphatic rings. The fourth-order valence-corrected chi connectivity index (χ4v) is 0.588. The zero-order valence-corrected chi connectivity index (χ0v) is 12.5. The van der Waals surface area contributed by atoms with E-state index in [0.29, 0.717) is 0 Å². The Morgan fingerprint density at radius 2 is 1.08 bits per heavy atom. The van der Waals surface area contributed by atoms with Crippen LogP contribution in [0.25, 0.3) is 0 Å². The van der Waals surface area contributed by atoms with Crippen molar-refractivity contribution < 1.29 is 14.3 Å². The van der Waals surface area contributed by atoms with Crippen molar-refractivity contribution in [3.63, 3.8) is 0 Å². The molecule has 0 saturated carbocycles. The van der Waals surface area contributed by atoms with Crippen molar-refractivity contribution >= 4 is 105 Å². The summed E-state index contributed by atoms with van der Waals surface area (Å²) in [7, 11) is 0. The van der Waals surface area contributed by atoms with Gasteiger partial charge < -0.3 is 9.47 Å². The van der Waals surface area contributed by atoms with Gasteiger partial charge in [-0.2, -0.15) is 0 Å². The van der Waals surface area contributed by atoms with E-state index in [1.54, 1.807) is 0 Å². The fourth-order valence-electron chi connectivity index (χ4n) is 0.210. The summed E-state index contributed by atoms with van der Waals surface area (Å²) in [6.45, 7) is 0. The van der Waals surface area contributed by atoms with Gasteiger partial charge in [0, 0.05) is 29.6 Å². The maximum Gasteiger partial charge on any atom is 0.515 e. The number of carbonyl (C=O) groups is 1. The summed E-state index contributed by atoms with van der Waals surface area (Å²) in [6.07, 6.45) is -1.41. The first-order valence-electron chi connectivity index (χ1n) is 2.15. The summed E-state index contributed by atoms with van der Waals surface area (Å²) in [4.78, 5) is 10.5. The van der Waals surface area contributed by atoms with Gasteiger partial charge >= 0.3 is 14.1 Å². The van der Waals surface area contributed by atoms with Crippen LogP contribution in [0, 0.1) is 0 Å². The van der Waals surface area contributed by atoms with E-state index >= 15 is 0 Å². The number of ether oxygens (including phenoxy) is 2. The van der Waals surface area contributed by atoms with E-state index in [1.165, 1.54) is 0 Å². The molecule has 0 N–H and O–H groups in total. The van der Waals surface area contributed by atoms with Crippen LogP contribution in [-0.4, -0.2) is 43.7 Å². The molecule has 13 heavy (non-hydrogen) atoms. The van der Waals surface area contributed by atoms with Crippen LogP contribution in [0.2, 0.25) is 0 Å². The molecule has 0 aromatic rings. The maximum atomic E-state index is 10.5. The molecule has 0 aromatic carbocycles. The van der Waals surface area contributed by atoms with Crippen LogP contribution in [0.4, 0.5) is 4.79 Å². The van der Waals surface area contributed by atoms with Gasteiger partial charge in [0.15, 0.2) is 0 Å².